The summed E-state index contributed by atoms with van der Waals surface area (Å²) in [5.41, 5.74) is 5.32. The Morgan fingerprint density at radius 1 is 0.825 bits per heavy atom. The lowest BCUT2D eigenvalue weighted by Crippen LogP contribution is -2.26. The summed E-state index contributed by atoms with van der Waals surface area (Å²) in [6.45, 7) is 4.39. The highest BCUT2D eigenvalue weighted by Crippen LogP contribution is 2.42. The lowest BCUT2D eigenvalue weighted by atomic mass is 9.69. The number of ether oxygens (including phenoxy) is 1. The SMILES string of the molecule is CCCc1ccc2c(c1)CCC(C1CCC(/C=C/CCC3CCC(c4ccc(OCC)c(F)c4F)CC3)CC1)C2. The van der Waals surface area contributed by atoms with Gasteiger partial charge >= 0.3 is 0 Å². The fourth-order valence-corrected chi connectivity index (χ4v) is 8.00. The molecular formula is C37H50F2O. The first kappa shape index (κ1) is 29.3. The van der Waals surface area contributed by atoms with Gasteiger partial charge in [0.05, 0.1) is 6.61 Å². The molecule has 0 aliphatic heterocycles. The summed E-state index contributed by atoms with van der Waals surface area (Å²) in [6.07, 6.45) is 23.4. The number of benzene rings is 2. The van der Waals surface area contributed by atoms with Crippen molar-refractivity contribution in [3.63, 3.8) is 0 Å². The number of fused-ring (bicyclic) bond motifs is 1. The van der Waals surface area contributed by atoms with E-state index in [0.29, 0.717) is 18.1 Å². The van der Waals surface area contributed by atoms with Crippen LogP contribution in [0.5, 0.6) is 5.75 Å². The molecule has 0 radical (unpaired) electrons. The molecule has 2 saturated carbocycles. The average molecular weight is 549 g/mol. The molecule has 0 N–H and O–H groups in total. The van der Waals surface area contributed by atoms with Crippen molar-refractivity contribution in [1.29, 1.82) is 0 Å². The maximum absolute atomic E-state index is 14.7. The van der Waals surface area contributed by atoms with E-state index in [4.69, 9.17) is 4.74 Å². The van der Waals surface area contributed by atoms with E-state index in [1.807, 2.05) is 0 Å². The van der Waals surface area contributed by atoms with Gasteiger partial charge < -0.3 is 4.74 Å². The lowest BCUT2D eigenvalue weighted by molar-refractivity contribution is 0.206. The second kappa shape index (κ2) is 14.1. The molecule has 1 unspecified atom stereocenters. The largest absolute Gasteiger partial charge is 0.491 e. The summed E-state index contributed by atoms with van der Waals surface area (Å²) in [5.74, 6) is 1.89. The van der Waals surface area contributed by atoms with Crippen molar-refractivity contribution in [2.45, 2.75) is 116 Å². The molecular weight excluding hydrogens is 498 g/mol. The quantitative estimate of drug-likeness (QED) is 0.268. The molecule has 0 amide bonds. The van der Waals surface area contributed by atoms with Crippen LogP contribution in [0.25, 0.3) is 0 Å². The van der Waals surface area contributed by atoms with E-state index in [9.17, 15) is 8.78 Å². The number of halogens is 2. The van der Waals surface area contributed by atoms with Gasteiger partial charge in [-0.1, -0.05) is 49.8 Å². The van der Waals surface area contributed by atoms with Crippen molar-refractivity contribution >= 4 is 0 Å². The zero-order valence-corrected chi connectivity index (χ0v) is 24.9. The topological polar surface area (TPSA) is 9.23 Å². The van der Waals surface area contributed by atoms with E-state index in [1.165, 1.54) is 69.8 Å². The van der Waals surface area contributed by atoms with Crippen LogP contribution >= 0.6 is 0 Å². The van der Waals surface area contributed by atoms with Gasteiger partial charge in [0.2, 0.25) is 5.82 Å². The number of aryl methyl sites for hydroxylation is 2. The first-order valence-corrected chi connectivity index (χ1v) is 16.4. The van der Waals surface area contributed by atoms with Crippen LogP contribution in [0.4, 0.5) is 8.78 Å². The maximum atomic E-state index is 14.7. The molecule has 0 saturated heterocycles. The normalized spacial score (nSPS) is 27.1. The molecule has 0 spiro atoms. The van der Waals surface area contributed by atoms with Gasteiger partial charge in [0.1, 0.15) is 0 Å². The van der Waals surface area contributed by atoms with Crippen LogP contribution in [0.15, 0.2) is 42.5 Å². The Bertz CT molecular complexity index is 1120. The highest BCUT2D eigenvalue weighted by atomic mass is 19.2. The first-order chi connectivity index (χ1) is 19.6. The molecule has 0 bridgehead atoms. The van der Waals surface area contributed by atoms with Gasteiger partial charge in [0.15, 0.2) is 11.6 Å². The predicted molar refractivity (Wildman–Crippen MR) is 162 cm³/mol. The molecule has 3 heteroatoms. The fraction of sp³-hybridized carbons (Fsp3) is 0.622. The van der Waals surface area contributed by atoms with E-state index in [1.54, 1.807) is 30.2 Å². The van der Waals surface area contributed by atoms with Gasteiger partial charge in [-0.15, -0.1) is 0 Å². The van der Waals surface area contributed by atoms with Gasteiger partial charge in [-0.3, -0.25) is 0 Å². The molecule has 2 aromatic carbocycles. The fourth-order valence-electron chi connectivity index (χ4n) is 8.00. The summed E-state index contributed by atoms with van der Waals surface area (Å²) in [7, 11) is 0. The van der Waals surface area contributed by atoms with E-state index < -0.39 is 11.6 Å². The second-order valence-electron chi connectivity index (χ2n) is 13.0. The third kappa shape index (κ3) is 7.18. The Kier molecular flexibility index (Phi) is 10.4. The van der Waals surface area contributed by atoms with Crippen LogP contribution < -0.4 is 4.74 Å². The minimum Gasteiger partial charge on any atom is -0.491 e. The summed E-state index contributed by atoms with van der Waals surface area (Å²) in [6, 6.07) is 10.6. The Hall–Kier alpha value is -2.16. The second-order valence-corrected chi connectivity index (χ2v) is 13.0. The van der Waals surface area contributed by atoms with Crippen molar-refractivity contribution in [3.8, 4) is 5.75 Å². The lowest BCUT2D eigenvalue weighted by Gasteiger charge is -2.36. The minimum absolute atomic E-state index is 0.0262. The number of allylic oxidation sites excluding steroid dienone is 2. The maximum Gasteiger partial charge on any atom is 0.200 e. The minimum atomic E-state index is -0.828. The van der Waals surface area contributed by atoms with Crippen LogP contribution in [0, 0.1) is 35.3 Å². The van der Waals surface area contributed by atoms with E-state index in [2.05, 4.69) is 37.3 Å². The van der Waals surface area contributed by atoms with E-state index in [-0.39, 0.29) is 11.7 Å². The van der Waals surface area contributed by atoms with Gasteiger partial charge in [-0.05, 0) is 155 Å². The molecule has 3 aliphatic carbocycles. The van der Waals surface area contributed by atoms with E-state index >= 15 is 0 Å². The Morgan fingerprint density at radius 3 is 2.38 bits per heavy atom. The molecule has 1 atom stereocenters. The monoisotopic (exact) mass is 548 g/mol. The number of rotatable bonds is 10. The molecule has 3 aliphatic rings. The molecule has 40 heavy (non-hydrogen) atoms. The van der Waals surface area contributed by atoms with Crippen molar-refractivity contribution < 1.29 is 13.5 Å². The first-order valence-electron chi connectivity index (χ1n) is 16.4. The highest BCUT2D eigenvalue weighted by Gasteiger charge is 2.30. The number of hydrogen-bond donors (Lipinski definition) is 0. The molecule has 0 aromatic heterocycles. The van der Waals surface area contributed by atoms with Crippen LogP contribution in [0.1, 0.15) is 119 Å². The smallest absolute Gasteiger partial charge is 0.200 e. The highest BCUT2D eigenvalue weighted by molar-refractivity contribution is 5.35. The van der Waals surface area contributed by atoms with Gasteiger partial charge in [-0.2, -0.15) is 4.39 Å². The average Bonchev–Trinajstić information content (AvgIpc) is 2.98. The van der Waals surface area contributed by atoms with Gasteiger partial charge in [0, 0.05) is 0 Å². The third-order valence-electron chi connectivity index (χ3n) is 10.4. The third-order valence-corrected chi connectivity index (χ3v) is 10.4. The van der Waals surface area contributed by atoms with Crippen LogP contribution in [0.3, 0.4) is 0 Å². The van der Waals surface area contributed by atoms with Crippen molar-refractivity contribution in [2.24, 2.45) is 23.7 Å². The standard InChI is InChI=1S/C37H50F2O/c1-3-7-28-14-19-33-25-32(21-20-31(33)24-28)29-15-10-26(11-16-29)8-5-6-9-27-12-17-30(18-13-27)34-22-23-35(40-4-2)37(39)36(34)38/h5,8,14,19,22-24,26-27,29-30,32H,3-4,6-7,9-13,15-18,20-21,25H2,1-2H3/b8-5+. The van der Waals surface area contributed by atoms with Crippen LogP contribution in [-0.4, -0.2) is 6.61 Å². The Balaban J connectivity index is 1.00. The van der Waals surface area contributed by atoms with Crippen molar-refractivity contribution in [1.82, 2.24) is 0 Å². The Labute approximate surface area is 241 Å². The summed E-state index contributed by atoms with van der Waals surface area (Å²) in [4.78, 5) is 0. The molecule has 218 valence electrons. The molecule has 2 fully saturated rings. The van der Waals surface area contributed by atoms with Crippen molar-refractivity contribution in [2.75, 3.05) is 6.61 Å². The summed E-state index contributed by atoms with van der Waals surface area (Å²) >= 11 is 0. The molecule has 2 aromatic rings. The molecule has 1 nitrogen and oxygen atoms in total. The van der Waals surface area contributed by atoms with Gasteiger partial charge in [-0.25, -0.2) is 4.39 Å². The summed E-state index contributed by atoms with van der Waals surface area (Å²) < 4.78 is 34.2. The number of hydrogen-bond acceptors (Lipinski definition) is 1. The summed E-state index contributed by atoms with van der Waals surface area (Å²) in [5, 5.41) is 0. The van der Waals surface area contributed by atoms with Crippen molar-refractivity contribution in [3.05, 3.63) is 76.4 Å². The zero-order chi connectivity index (χ0) is 27.9. The van der Waals surface area contributed by atoms with Crippen LogP contribution in [-0.2, 0) is 19.3 Å². The Morgan fingerprint density at radius 2 is 1.62 bits per heavy atom. The molecule has 0 heterocycles. The van der Waals surface area contributed by atoms with Crippen LogP contribution in [0.2, 0.25) is 0 Å². The van der Waals surface area contributed by atoms with E-state index in [0.717, 1.165) is 49.9 Å². The van der Waals surface area contributed by atoms with Gasteiger partial charge in [0.25, 0.3) is 0 Å². The molecule has 5 rings (SSSR count). The predicted octanol–water partition coefficient (Wildman–Crippen LogP) is 10.5. The zero-order valence-electron chi connectivity index (χ0n) is 24.9.